The number of benzene rings is 2. The Morgan fingerprint density at radius 1 is 1.24 bits per heavy atom. The minimum Gasteiger partial charge on any atom is -0.489 e. The fourth-order valence-electron chi connectivity index (χ4n) is 3.55. The highest BCUT2D eigenvalue weighted by Gasteiger charge is 2.35. The van der Waals surface area contributed by atoms with Gasteiger partial charge in [0.15, 0.2) is 5.69 Å². The Hall–Kier alpha value is -3.33. The van der Waals surface area contributed by atoms with Gasteiger partial charge in [-0.2, -0.15) is 0 Å². The summed E-state index contributed by atoms with van der Waals surface area (Å²) in [6.45, 7) is 13.3. The molecule has 0 radical (unpaired) electrons. The van der Waals surface area contributed by atoms with Crippen LogP contribution >= 0.6 is 0 Å². The number of fused-ring (bicyclic) bond motifs is 1. The molecule has 0 fully saturated rings. The number of carbonyl (C=O) groups excluding carboxylic acids is 2. The van der Waals surface area contributed by atoms with Gasteiger partial charge in [0, 0.05) is 16.8 Å². The minimum absolute atomic E-state index is 0.218. The Morgan fingerprint density at radius 3 is 2.62 bits per heavy atom. The first-order valence-electron chi connectivity index (χ1n) is 9.58. The van der Waals surface area contributed by atoms with Crippen molar-refractivity contribution in [2.24, 2.45) is 0 Å². The van der Waals surface area contributed by atoms with Crippen LogP contribution < -0.4 is 10.1 Å². The summed E-state index contributed by atoms with van der Waals surface area (Å²) in [5, 5.41) is 2.90. The Balaban J connectivity index is 1.75. The van der Waals surface area contributed by atoms with E-state index in [1.807, 2.05) is 12.1 Å². The molecule has 0 spiro atoms. The molecule has 3 rings (SSSR count). The monoisotopic (exact) mass is 392 g/mol. The minimum atomic E-state index is -0.259. The Kier molecular flexibility index (Phi) is 5.88. The van der Waals surface area contributed by atoms with E-state index in [2.05, 4.69) is 24.0 Å². The lowest BCUT2D eigenvalue weighted by atomic mass is 9.76. The summed E-state index contributed by atoms with van der Waals surface area (Å²) in [6.07, 6.45) is 0.655. The van der Waals surface area contributed by atoms with E-state index < -0.39 is 0 Å². The van der Waals surface area contributed by atoms with Gasteiger partial charge in [0.2, 0.25) is 0 Å². The number of nitrogens with one attached hydrogen (secondary N) is 1. The molecule has 0 saturated heterocycles. The van der Waals surface area contributed by atoms with Crippen molar-refractivity contribution in [3.8, 4) is 5.75 Å². The Bertz CT molecular complexity index is 958. The van der Waals surface area contributed by atoms with Crippen LogP contribution in [0.2, 0.25) is 0 Å². The molecule has 2 aromatic carbocycles. The van der Waals surface area contributed by atoms with Crippen molar-refractivity contribution in [2.75, 3.05) is 11.9 Å². The van der Waals surface area contributed by atoms with E-state index in [1.165, 1.54) is 0 Å². The standard InChI is InChI=1S/C23H24N2O4/c1-5-28-21(26)13-18-14-23(2,3)19-12-17(10-11-20(19)29-18)25-22(27)15-6-8-16(24-4)9-7-15/h6-12,18H,5,13-14H2,1-3H3,(H,25,27). The average molecular weight is 392 g/mol. The first-order valence-corrected chi connectivity index (χ1v) is 9.58. The van der Waals surface area contributed by atoms with Gasteiger partial charge >= 0.3 is 5.97 Å². The van der Waals surface area contributed by atoms with E-state index in [0.717, 1.165) is 11.3 Å². The zero-order chi connectivity index (χ0) is 21.0. The lowest BCUT2D eigenvalue weighted by molar-refractivity contribution is -0.145. The third kappa shape index (κ3) is 4.75. The number of amides is 1. The third-order valence-corrected chi connectivity index (χ3v) is 4.96. The molecule has 150 valence electrons. The highest BCUT2D eigenvalue weighted by molar-refractivity contribution is 6.04. The van der Waals surface area contributed by atoms with E-state index >= 15 is 0 Å². The highest BCUT2D eigenvalue weighted by atomic mass is 16.5. The molecule has 1 unspecified atom stereocenters. The van der Waals surface area contributed by atoms with Crippen LogP contribution in [0.15, 0.2) is 42.5 Å². The van der Waals surface area contributed by atoms with Gasteiger partial charge in [0.05, 0.1) is 19.6 Å². The summed E-state index contributed by atoms with van der Waals surface area (Å²) in [7, 11) is 0. The first-order chi connectivity index (χ1) is 13.8. The molecule has 1 heterocycles. The number of hydrogen-bond donors (Lipinski definition) is 1. The van der Waals surface area contributed by atoms with Crippen LogP contribution in [0.1, 0.15) is 49.5 Å². The van der Waals surface area contributed by atoms with Crippen LogP contribution in [0.25, 0.3) is 4.85 Å². The molecule has 1 aliphatic heterocycles. The molecule has 6 heteroatoms. The van der Waals surface area contributed by atoms with E-state index in [4.69, 9.17) is 16.0 Å². The van der Waals surface area contributed by atoms with Gasteiger partial charge < -0.3 is 14.8 Å². The molecule has 1 aliphatic rings. The molecule has 0 bridgehead atoms. The maximum atomic E-state index is 12.5. The summed E-state index contributed by atoms with van der Waals surface area (Å²) < 4.78 is 11.1. The zero-order valence-corrected chi connectivity index (χ0v) is 16.8. The van der Waals surface area contributed by atoms with Gasteiger partial charge in [-0.3, -0.25) is 9.59 Å². The number of anilines is 1. The molecule has 1 N–H and O–H groups in total. The van der Waals surface area contributed by atoms with E-state index in [-0.39, 0.29) is 29.8 Å². The molecule has 0 aromatic heterocycles. The number of nitrogens with zero attached hydrogens (tertiary/aromatic N) is 1. The van der Waals surface area contributed by atoms with Gasteiger partial charge in [-0.05, 0) is 37.0 Å². The van der Waals surface area contributed by atoms with Crippen molar-refractivity contribution in [1.82, 2.24) is 0 Å². The number of carbonyl (C=O) groups is 2. The van der Waals surface area contributed by atoms with Crippen molar-refractivity contribution in [1.29, 1.82) is 0 Å². The Labute approximate surface area is 170 Å². The van der Waals surface area contributed by atoms with Gasteiger partial charge in [0.25, 0.3) is 5.91 Å². The molecule has 0 saturated carbocycles. The first kappa shape index (κ1) is 20.4. The van der Waals surface area contributed by atoms with Crippen LogP contribution in [0.4, 0.5) is 11.4 Å². The van der Waals surface area contributed by atoms with Crippen molar-refractivity contribution in [2.45, 2.75) is 45.1 Å². The van der Waals surface area contributed by atoms with E-state index in [1.54, 1.807) is 37.3 Å². The smallest absolute Gasteiger partial charge is 0.309 e. The highest BCUT2D eigenvalue weighted by Crippen LogP contribution is 2.42. The predicted molar refractivity (Wildman–Crippen MR) is 110 cm³/mol. The van der Waals surface area contributed by atoms with Crippen LogP contribution in [0.3, 0.4) is 0 Å². The van der Waals surface area contributed by atoms with Crippen molar-refractivity contribution >= 4 is 23.3 Å². The Morgan fingerprint density at radius 2 is 1.97 bits per heavy atom. The topological polar surface area (TPSA) is 69.0 Å². The second-order valence-corrected chi connectivity index (χ2v) is 7.66. The molecule has 1 atom stereocenters. The molecular formula is C23H24N2O4. The zero-order valence-electron chi connectivity index (χ0n) is 16.8. The number of hydrogen-bond acceptors (Lipinski definition) is 4. The normalized spacial score (nSPS) is 16.7. The average Bonchev–Trinajstić information content (AvgIpc) is 2.68. The summed E-state index contributed by atoms with van der Waals surface area (Å²) in [6, 6.07) is 12.0. The lowest BCUT2D eigenvalue weighted by Gasteiger charge is -2.37. The van der Waals surface area contributed by atoms with Crippen molar-refractivity contribution in [3.05, 3.63) is 65.0 Å². The van der Waals surface area contributed by atoms with Crippen LogP contribution in [0.5, 0.6) is 5.75 Å². The van der Waals surface area contributed by atoms with Gasteiger partial charge in [-0.1, -0.05) is 38.1 Å². The van der Waals surface area contributed by atoms with Crippen LogP contribution in [-0.4, -0.2) is 24.6 Å². The van der Waals surface area contributed by atoms with Crippen LogP contribution in [-0.2, 0) is 14.9 Å². The maximum Gasteiger partial charge on any atom is 0.309 e. The van der Waals surface area contributed by atoms with E-state index in [9.17, 15) is 9.59 Å². The van der Waals surface area contributed by atoms with Gasteiger partial charge in [0.1, 0.15) is 11.9 Å². The van der Waals surface area contributed by atoms with Gasteiger partial charge in [-0.15, -0.1) is 0 Å². The SMILES string of the molecule is [C-]#[N+]c1ccc(C(=O)Nc2ccc3c(c2)C(C)(C)CC(CC(=O)OCC)O3)cc1. The largest absolute Gasteiger partial charge is 0.489 e. The third-order valence-electron chi connectivity index (χ3n) is 4.96. The molecule has 2 aromatic rings. The fourth-order valence-corrected chi connectivity index (χ4v) is 3.55. The maximum absolute atomic E-state index is 12.5. The fraction of sp³-hybridized carbons (Fsp3) is 0.348. The quantitative estimate of drug-likeness (QED) is 0.582. The summed E-state index contributed by atoms with van der Waals surface area (Å²) >= 11 is 0. The molecule has 29 heavy (non-hydrogen) atoms. The molecular weight excluding hydrogens is 368 g/mol. The van der Waals surface area contributed by atoms with Crippen molar-refractivity contribution in [3.63, 3.8) is 0 Å². The molecule has 0 aliphatic carbocycles. The predicted octanol–water partition coefficient (Wildman–Crippen LogP) is 4.87. The number of rotatable bonds is 5. The van der Waals surface area contributed by atoms with Crippen molar-refractivity contribution < 1.29 is 19.1 Å². The van der Waals surface area contributed by atoms with E-state index in [0.29, 0.717) is 30.0 Å². The summed E-state index contributed by atoms with van der Waals surface area (Å²) in [5.41, 5.74) is 2.41. The molecule has 1 amide bonds. The number of esters is 1. The van der Waals surface area contributed by atoms with Gasteiger partial charge in [-0.25, -0.2) is 4.85 Å². The second-order valence-electron chi connectivity index (χ2n) is 7.66. The second kappa shape index (κ2) is 8.36. The summed E-state index contributed by atoms with van der Waals surface area (Å²) in [5.74, 6) is 0.219. The summed E-state index contributed by atoms with van der Waals surface area (Å²) in [4.78, 5) is 27.7. The van der Waals surface area contributed by atoms with Crippen LogP contribution in [0, 0.1) is 6.57 Å². The lowest BCUT2D eigenvalue weighted by Crippen LogP contribution is -2.36. The number of ether oxygens (including phenoxy) is 2. The molecule has 6 nitrogen and oxygen atoms in total.